The molecule has 18 unspecified atom stereocenters. The van der Waals surface area contributed by atoms with Crippen LogP contribution in [0.3, 0.4) is 0 Å². The number of hydrogen-bond donors (Lipinski definition) is 2. The van der Waals surface area contributed by atoms with Crippen LogP contribution >= 0.6 is 32.9 Å². The van der Waals surface area contributed by atoms with Gasteiger partial charge in [-0.3, -0.25) is 85.1 Å². The number of amides is 8. The summed E-state index contributed by atoms with van der Waals surface area (Å²) >= 11 is 0. The van der Waals surface area contributed by atoms with Gasteiger partial charge in [-0.1, -0.05) is 114 Å². The molecule has 0 aromatic carbocycles. The molecular formula is C83H126N8O30P4. The average Bonchev–Trinajstić information content (AvgIpc) is 1.69. The molecule has 4 fully saturated rings. The normalized spacial score (nSPS) is 25.6. The van der Waals surface area contributed by atoms with Crippen molar-refractivity contribution in [2.24, 2.45) is 0 Å². The summed E-state index contributed by atoms with van der Waals surface area (Å²) in [5, 5.41) is 43.3. The van der Waals surface area contributed by atoms with Gasteiger partial charge in [0.25, 0.3) is 47.3 Å². The summed E-state index contributed by atoms with van der Waals surface area (Å²) < 4.78 is 205. The van der Waals surface area contributed by atoms with Crippen molar-refractivity contribution < 1.29 is 154 Å². The minimum Gasteiger partial charge on any atom is -0.390 e. The zero-order valence-corrected chi connectivity index (χ0v) is 74.7. The lowest BCUT2D eigenvalue weighted by Gasteiger charge is -2.23. The van der Waals surface area contributed by atoms with Crippen molar-refractivity contribution in [2.75, 3.05) is 146 Å². The lowest BCUT2D eigenvalue weighted by molar-refractivity contribution is -0.138. The van der Waals surface area contributed by atoms with Gasteiger partial charge in [-0.15, -0.1) is 0 Å². The molecule has 8 aliphatic heterocycles. The van der Waals surface area contributed by atoms with Crippen molar-refractivity contribution in [2.45, 2.75) is 162 Å². The first-order valence-electron chi connectivity index (χ1n) is 45.9. The first-order valence-corrected chi connectivity index (χ1v) is 43.6. The zero-order valence-electron chi connectivity index (χ0n) is 83.2. The fourth-order valence-corrected chi connectivity index (χ4v) is 13.9. The lowest BCUT2D eigenvalue weighted by Crippen LogP contribution is -2.29. The van der Waals surface area contributed by atoms with Crippen LogP contribution in [0.15, 0.2) is 148 Å². The van der Waals surface area contributed by atoms with Crippen LogP contribution in [0.1, 0.15) is 127 Å². The average molecular weight is 1860 g/mol. The molecule has 125 heavy (non-hydrogen) atoms. The van der Waals surface area contributed by atoms with Gasteiger partial charge in [-0.2, -0.15) is 21.0 Å². The first kappa shape index (κ1) is 97.5. The summed E-state index contributed by atoms with van der Waals surface area (Å²) in [6.45, 7) is 20.6. The molecule has 0 aliphatic carbocycles. The smallest absolute Gasteiger partial charge is 0.390 e. The molecule has 0 saturated carbocycles. The topological polar surface area (TPSA) is 485 Å². The van der Waals surface area contributed by atoms with Crippen LogP contribution in [0.4, 0.5) is 0 Å². The molecule has 2 N–H and O–H groups in total. The quantitative estimate of drug-likeness (QED) is 0.0247. The van der Waals surface area contributed by atoms with Gasteiger partial charge in [0.2, 0.25) is 2.86 Å². The van der Waals surface area contributed by atoms with Crippen molar-refractivity contribution in [3.63, 3.8) is 0 Å². The number of hydrogen-bond acceptors (Lipinski definition) is 34. The van der Waals surface area contributed by atoms with E-state index in [4.69, 9.17) is 120 Å². The number of phosphoric acid groups is 2. The van der Waals surface area contributed by atoms with Crippen LogP contribution in [0.2, 0.25) is 0 Å². The zero-order chi connectivity index (χ0) is 103. The molecule has 8 heterocycles. The van der Waals surface area contributed by atoms with E-state index in [-0.39, 0.29) is 152 Å². The number of nitriles is 4. The minimum atomic E-state index is -4.00. The molecule has 8 amide bonds. The van der Waals surface area contributed by atoms with Crippen molar-refractivity contribution in [1.82, 2.24) is 19.6 Å². The van der Waals surface area contributed by atoms with E-state index in [0.29, 0.717) is 71.5 Å². The second-order valence-corrected chi connectivity index (χ2v) is 29.8. The maximum atomic E-state index is 12.7. The first-order chi connectivity index (χ1) is 65.7. The Morgan fingerprint density at radius 2 is 0.800 bits per heavy atom. The third-order valence-electron chi connectivity index (χ3n) is 15.3. The molecule has 0 aromatic rings. The number of rotatable bonds is 51. The van der Waals surface area contributed by atoms with E-state index in [9.17, 15) is 47.5 Å². The molecule has 0 spiro atoms. The van der Waals surface area contributed by atoms with Crippen molar-refractivity contribution in [1.29, 1.82) is 23.9 Å². The maximum absolute atomic E-state index is 12.7. The number of ether oxygens (including phenoxy) is 6. The largest absolute Gasteiger partial charge is 0.475 e. The van der Waals surface area contributed by atoms with Gasteiger partial charge < -0.3 is 65.8 Å². The summed E-state index contributed by atoms with van der Waals surface area (Å²) in [5.41, 5.74) is 0. The van der Waals surface area contributed by atoms with Crippen LogP contribution in [-0.4, -0.2) is 275 Å². The predicted octanol–water partition coefficient (Wildman–Crippen LogP) is 11.5. The molecule has 0 radical (unpaired) electrons. The summed E-state index contributed by atoms with van der Waals surface area (Å²) in [4.78, 5) is 89.8. The monoisotopic (exact) mass is 1860 g/mol. The van der Waals surface area contributed by atoms with Gasteiger partial charge in [0, 0.05) is 131 Å². The molecule has 42 heteroatoms. The highest BCUT2D eigenvalue weighted by atomic mass is 31.2. The number of carbonyl (C=O) groups excluding carboxylic acids is 8. The Labute approximate surface area is 755 Å². The van der Waals surface area contributed by atoms with Gasteiger partial charge in [-0.25, -0.2) is 9.13 Å². The van der Waals surface area contributed by atoms with Crippen LogP contribution in [0, 0.1) is 45.3 Å². The molecule has 698 valence electrons. The number of phosphoric ester groups is 2. The minimum absolute atomic E-state index is 0.00729. The van der Waals surface area contributed by atoms with Crippen LogP contribution < -0.4 is 0 Å². The van der Waals surface area contributed by atoms with E-state index >= 15 is 0 Å². The fraction of sp³-hybridized carbons (Fsp3) is 0.566. The number of nitrogens with zero attached hydrogens (tertiary/aromatic N) is 8. The van der Waals surface area contributed by atoms with E-state index in [1.165, 1.54) is 89.1 Å². The van der Waals surface area contributed by atoms with Crippen LogP contribution in [-0.2, 0) is 130 Å². The van der Waals surface area contributed by atoms with E-state index in [0.717, 1.165) is 0 Å². The Hall–Kier alpha value is -8.08. The standard InChI is InChI=1S/C15H24NO5P.2C14H22NO6P.C14H22NO5P.4C6H7NO2.2CH4/c1-3-4-5-6-10-19-22(20-11-7-9-16)21-14-8-12-18-15(14)13-17-2;1-3-4-5-9-19-22(16,20-10-6-8-15)21-13-7-11-18-14(13)12-17-2;1-2-3-4-5-9-19-22(17,20-10-6-8-15)21-12-14-13(16)7-11-18-14;1-2-3-4-5-9-18-21(19-10-6-8-15)20-12-14-13(16)7-11-17-14;4*1-2-7-5(8)3-4-6(7)9;;/h3-5,14-15H,1,6-8,10-13H2,2H3;3-5,13-14H,1,6-7,9-12H2,2H3;2-4,13-14,16H,1,5-7,9-12H2;2-4,13-14,16H,1,5-7,9-12H2;4*3-4H,2H2,1H3;2*1H4/b2*5-4+;2*4-3+;;;;;;/i2TD,12T;2TD,11T;2*11T,16D;;;;;2*1T. The number of aliphatic hydroxyl groups excluding tert-OH is 2. The van der Waals surface area contributed by atoms with Crippen molar-refractivity contribution in [3.8, 4) is 24.3 Å². The number of imide groups is 4. The summed E-state index contributed by atoms with van der Waals surface area (Å²) in [7, 11) is -11.6. The molecule has 0 bridgehead atoms. The van der Waals surface area contributed by atoms with Gasteiger partial charge in [-0.05, 0) is 59.8 Å². The molecular weight excluding hydrogens is 1710 g/mol. The van der Waals surface area contributed by atoms with Crippen molar-refractivity contribution >= 4 is 80.1 Å². The van der Waals surface area contributed by atoms with Gasteiger partial charge >= 0.3 is 32.9 Å². The molecule has 0 aromatic heterocycles. The Morgan fingerprint density at radius 3 is 1.19 bits per heavy atom. The van der Waals surface area contributed by atoms with E-state index < -0.39 is 122 Å². The fourth-order valence-electron chi connectivity index (χ4n) is 9.24. The highest BCUT2D eigenvalue weighted by molar-refractivity contribution is 7.48. The number of aliphatic hydroxyl groups is 2. The molecule has 38 nitrogen and oxygen atoms in total. The van der Waals surface area contributed by atoms with Crippen molar-refractivity contribution in [3.05, 3.63) is 148 Å². The van der Waals surface area contributed by atoms with E-state index in [1.807, 2.05) is 48.6 Å². The number of allylic oxidation sites excluding steroid dienone is 8. The Kier molecular flexibility index (Phi) is 58.5. The number of likely N-dealkylation sites (N-methyl/N-ethyl adjacent to an activating group) is 4. The Balaban J connectivity index is 0. The third-order valence-corrected chi connectivity index (χ3v) is 20.7. The second-order valence-electron chi connectivity index (χ2n) is 24.1. The van der Waals surface area contributed by atoms with E-state index in [2.05, 4.69) is 36.5 Å². The Morgan fingerprint density at radius 1 is 0.464 bits per heavy atom. The number of carbonyl (C=O) groups is 8. The lowest BCUT2D eigenvalue weighted by atomic mass is 10.2. The van der Waals surface area contributed by atoms with Gasteiger partial charge in [0.15, 0.2) is 0 Å². The summed E-state index contributed by atoms with van der Waals surface area (Å²) in [5.74, 6) is -1.65. The highest BCUT2D eigenvalue weighted by Gasteiger charge is 2.39. The summed E-state index contributed by atoms with van der Waals surface area (Å²) in [6, 6.07) is 7.70. The highest BCUT2D eigenvalue weighted by Crippen LogP contribution is 2.53. The molecule has 8 rings (SSSR count). The van der Waals surface area contributed by atoms with E-state index in [1.54, 1.807) is 70.2 Å². The van der Waals surface area contributed by atoms with Gasteiger partial charge in [0.1, 0.15) is 30.5 Å². The molecule has 8 aliphatic rings. The maximum Gasteiger partial charge on any atom is 0.475 e. The summed E-state index contributed by atoms with van der Waals surface area (Å²) in [6.07, 6.45) is 29.2. The Bertz CT molecular complexity index is 3860. The van der Waals surface area contributed by atoms with Crippen LogP contribution in [0.25, 0.3) is 0 Å². The second kappa shape index (κ2) is 74.9. The predicted molar refractivity (Wildman–Crippen MR) is 463 cm³/mol. The van der Waals surface area contributed by atoms with Gasteiger partial charge in [0.05, 0.1) is 159 Å². The molecule has 4 saturated heterocycles. The number of methoxy groups -OCH3 is 2. The van der Waals surface area contributed by atoms with Crippen LogP contribution in [0.5, 0.6) is 0 Å². The SMILES string of the molecule is CCN1C(=O)C=CC1=O.CCN1C(=O)C=CC1=O.CCN1C(=O)C=CC1=O.CCN1C(=O)C=CC1=O.[2H]C([3H])OCC1OC([3H])CC1OP(=O)(OC/C=C/C=C)OCCC#N.[2H]C([3H])OCC1OC([3H])CC1OP(OCCC#N)OCC/C=C/C=C.[2H]OC1CC([3H])OC1COP(=O)(OCCC#N)OCC/C=C/C=C.[2H]OC1CC([3H])OC1COP(OCCC#N)OCC/C=C/C=C.[3H]C.[3H]C. The molecule has 18 atom stereocenters. The third kappa shape index (κ3) is 52.7.